The van der Waals surface area contributed by atoms with Crippen LogP contribution in [0.25, 0.3) is 21.9 Å². The van der Waals surface area contributed by atoms with E-state index in [2.05, 4.69) is 75.3 Å². The lowest BCUT2D eigenvalue weighted by Crippen LogP contribution is -2.68. The molecule has 3 heterocycles. The summed E-state index contributed by atoms with van der Waals surface area (Å²) >= 11 is 0. The molecule has 3 aromatic rings. The molecule has 1 aliphatic heterocycles. The van der Waals surface area contributed by atoms with Crippen LogP contribution < -0.4 is 4.57 Å². The first-order valence-electron chi connectivity index (χ1n) is 8.72. The van der Waals surface area contributed by atoms with Crippen molar-refractivity contribution in [2.75, 3.05) is 0 Å². The van der Waals surface area contributed by atoms with Crippen LogP contribution in [0, 0.1) is 13.8 Å². The lowest BCUT2D eigenvalue weighted by atomic mass is 9.73. The summed E-state index contributed by atoms with van der Waals surface area (Å²) in [5, 5.41) is 1.36. The average molecular weight is 308 g/mol. The molecule has 0 aliphatic carbocycles. The SMILES string of the molecule is CCC1(C)n2cccc3c(C)c(C)c4nc[n+](c4c32)C1(C)CC. The number of nitrogens with zero attached hydrogens (tertiary/aromatic N) is 3. The molecule has 0 bridgehead atoms. The number of aryl methyl sites for hydroxylation is 2. The molecule has 0 fully saturated rings. The molecule has 2 aromatic heterocycles. The fourth-order valence-electron chi connectivity index (χ4n) is 4.69. The standard InChI is InChI=1S/C20H26N3/c1-7-19(5)20(6,8-2)23-12-21-16-14(4)13(3)15-10-9-11-22(19)17(15)18(16)23/h9-12H,7-8H2,1-6H3/q+1. The molecular formula is C20H26N3+. The number of pyridine rings is 1. The molecule has 0 saturated carbocycles. The van der Waals surface area contributed by atoms with Gasteiger partial charge in [0.25, 0.3) is 6.33 Å². The lowest BCUT2D eigenvalue weighted by Gasteiger charge is -2.48. The van der Waals surface area contributed by atoms with Gasteiger partial charge in [0.2, 0.25) is 11.0 Å². The largest absolute Gasteiger partial charge is 0.334 e. The smallest absolute Gasteiger partial charge is 0.288 e. The Balaban J connectivity index is 2.36. The van der Waals surface area contributed by atoms with E-state index >= 15 is 0 Å². The second kappa shape index (κ2) is 4.34. The van der Waals surface area contributed by atoms with Gasteiger partial charge in [-0.2, -0.15) is 0 Å². The quantitative estimate of drug-likeness (QED) is 0.645. The van der Waals surface area contributed by atoms with E-state index in [9.17, 15) is 0 Å². The summed E-state index contributed by atoms with van der Waals surface area (Å²) in [4.78, 5) is 4.83. The highest BCUT2D eigenvalue weighted by molar-refractivity contribution is 6.04. The predicted octanol–water partition coefficient (Wildman–Crippen LogP) is 4.36. The second-order valence-corrected chi connectivity index (χ2v) is 7.46. The van der Waals surface area contributed by atoms with Gasteiger partial charge < -0.3 is 4.57 Å². The van der Waals surface area contributed by atoms with Crippen molar-refractivity contribution in [3.63, 3.8) is 0 Å². The van der Waals surface area contributed by atoms with Gasteiger partial charge >= 0.3 is 0 Å². The van der Waals surface area contributed by atoms with E-state index in [1.165, 1.54) is 27.5 Å². The summed E-state index contributed by atoms with van der Waals surface area (Å²) in [7, 11) is 0. The van der Waals surface area contributed by atoms with E-state index in [0.29, 0.717) is 0 Å². The van der Waals surface area contributed by atoms with Gasteiger partial charge in [-0.3, -0.25) is 0 Å². The Labute approximate surface area is 138 Å². The highest BCUT2D eigenvalue weighted by Gasteiger charge is 2.53. The maximum absolute atomic E-state index is 4.83. The molecule has 2 atom stereocenters. The monoisotopic (exact) mass is 308 g/mol. The third-order valence-corrected chi connectivity index (χ3v) is 6.91. The van der Waals surface area contributed by atoms with Gasteiger partial charge in [-0.1, -0.05) is 19.9 Å². The second-order valence-electron chi connectivity index (χ2n) is 7.46. The minimum atomic E-state index is 0.0180. The Kier molecular flexibility index (Phi) is 2.77. The lowest BCUT2D eigenvalue weighted by molar-refractivity contribution is -0.754. The maximum atomic E-state index is 4.83. The van der Waals surface area contributed by atoms with Crippen LogP contribution >= 0.6 is 0 Å². The van der Waals surface area contributed by atoms with Crippen molar-refractivity contribution in [3.8, 4) is 0 Å². The fraction of sp³-hybridized carbons (Fsp3) is 0.500. The molecule has 0 spiro atoms. The summed E-state index contributed by atoms with van der Waals surface area (Å²) < 4.78 is 4.99. The van der Waals surface area contributed by atoms with Crippen LogP contribution in [-0.4, -0.2) is 9.55 Å². The first-order chi connectivity index (χ1) is 10.9. The number of imidazole rings is 1. The Morgan fingerprint density at radius 1 is 1.13 bits per heavy atom. The van der Waals surface area contributed by atoms with E-state index in [1.54, 1.807) is 0 Å². The van der Waals surface area contributed by atoms with Gasteiger partial charge in [0, 0.05) is 17.1 Å². The highest BCUT2D eigenvalue weighted by atomic mass is 15.2. The summed E-state index contributed by atoms with van der Waals surface area (Å²) in [5.74, 6) is 0. The molecule has 3 nitrogen and oxygen atoms in total. The molecule has 1 aromatic carbocycles. The first-order valence-corrected chi connectivity index (χ1v) is 8.72. The zero-order valence-corrected chi connectivity index (χ0v) is 15.1. The van der Waals surface area contributed by atoms with Gasteiger partial charge in [0.1, 0.15) is 11.1 Å². The van der Waals surface area contributed by atoms with Crippen LogP contribution in [0.5, 0.6) is 0 Å². The molecule has 0 saturated heterocycles. The van der Waals surface area contributed by atoms with Crippen molar-refractivity contribution < 1.29 is 4.57 Å². The van der Waals surface area contributed by atoms with Gasteiger partial charge in [-0.25, -0.2) is 4.57 Å². The van der Waals surface area contributed by atoms with E-state index < -0.39 is 0 Å². The van der Waals surface area contributed by atoms with Gasteiger partial charge in [-0.05, 0) is 57.2 Å². The highest BCUT2D eigenvalue weighted by Crippen LogP contribution is 2.45. The predicted molar refractivity (Wildman–Crippen MR) is 94.8 cm³/mol. The number of benzene rings is 1. The van der Waals surface area contributed by atoms with E-state index in [4.69, 9.17) is 4.98 Å². The molecular weight excluding hydrogens is 282 g/mol. The van der Waals surface area contributed by atoms with Crippen LogP contribution in [-0.2, 0) is 11.1 Å². The normalized spacial score (nSPS) is 26.5. The van der Waals surface area contributed by atoms with Gasteiger partial charge in [-0.15, -0.1) is 0 Å². The third kappa shape index (κ3) is 1.42. The van der Waals surface area contributed by atoms with Crippen LogP contribution in [0.1, 0.15) is 51.7 Å². The molecule has 1 aliphatic rings. The Morgan fingerprint density at radius 3 is 2.52 bits per heavy atom. The van der Waals surface area contributed by atoms with Crippen molar-refractivity contribution in [1.82, 2.24) is 9.55 Å². The average Bonchev–Trinajstić information content (AvgIpc) is 3.02. The first kappa shape index (κ1) is 14.7. The van der Waals surface area contributed by atoms with Crippen LogP contribution in [0.4, 0.5) is 0 Å². The molecule has 0 N–H and O–H groups in total. The van der Waals surface area contributed by atoms with Crippen molar-refractivity contribution in [2.24, 2.45) is 0 Å². The minimum Gasteiger partial charge on any atom is -0.334 e. The number of aromatic nitrogens is 3. The summed E-state index contributed by atoms with van der Waals surface area (Å²) in [6, 6.07) is 4.46. The Morgan fingerprint density at radius 2 is 1.87 bits per heavy atom. The zero-order valence-electron chi connectivity index (χ0n) is 15.1. The summed E-state index contributed by atoms with van der Waals surface area (Å²) in [6.45, 7) is 13.8. The third-order valence-electron chi connectivity index (χ3n) is 6.91. The van der Waals surface area contributed by atoms with Crippen LogP contribution in [0.2, 0.25) is 0 Å². The van der Waals surface area contributed by atoms with Gasteiger partial charge in [0.05, 0.1) is 5.54 Å². The van der Waals surface area contributed by atoms with E-state index in [0.717, 1.165) is 18.4 Å². The van der Waals surface area contributed by atoms with Crippen molar-refractivity contribution >= 4 is 21.9 Å². The molecule has 2 unspecified atom stereocenters. The molecule has 23 heavy (non-hydrogen) atoms. The number of rotatable bonds is 2. The molecule has 0 amide bonds. The molecule has 3 heteroatoms. The van der Waals surface area contributed by atoms with Crippen molar-refractivity contribution in [2.45, 2.75) is 65.5 Å². The van der Waals surface area contributed by atoms with Gasteiger partial charge in [0.15, 0.2) is 0 Å². The van der Waals surface area contributed by atoms with E-state index in [-0.39, 0.29) is 11.1 Å². The molecule has 4 rings (SSSR count). The summed E-state index contributed by atoms with van der Waals surface area (Å²) in [5.41, 5.74) is 6.52. The Hall–Kier alpha value is -1.90. The molecule has 120 valence electrons. The number of hydrogen-bond donors (Lipinski definition) is 0. The Bertz CT molecular complexity index is 953. The maximum Gasteiger partial charge on any atom is 0.288 e. The van der Waals surface area contributed by atoms with Crippen molar-refractivity contribution in [1.29, 1.82) is 0 Å². The van der Waals surface area contributed by atoms with Crippen LogP contribution in [0.3, 0.4) is 0 Å². The van der Waals surface area contributed by atoms with E-state index in [1.807, 2.05) is 0 Å². The topological polar surface area (TPSA) is 21.7 Å². The molecule has 0 radical (unpaired) electrons. The summed E-state index contributed by atoms with van der Waals surface area (Å²) in [6.07, 6.45) is 6.51. The zero-order chi connectivity index (χ0) is 16.6. The van der Waals surface area contributed by atoms with Crippen LogP contribution in [0.15, 0.2) is 24.7 Å². The fourth-order valence-corrected chi connectivity index (χ4v) is 4.69. The minimum absolute atomic E-state index is 0.0180. The number of hydrogen-bond acceptors (Lipinski definition) is 1. The van der Waals surface area contributed by atoms with Crippen molar-refractivity contribution in [3.05, 3.63) is 35.8 Å².